The Labute approximate surface area is 198 Å². The molecule has 0 saturated heterocycles. The topological polar surface area (TPSA) is 18.5 Å². The summed E-state index contributed by atoms with van der Waals surface area (Å²) in [5.41, 5.74) is 5.38. The minimum Gasteiger partial charge on any atom is -0.493 e. The quantitative estimate of drug-likeness (QED) is 0.275. The number of hydrogen-bond donors (Lipinski definition) is 0. The van der Waals surface area contributed by atoms with Crippen LogP contribution in [-0.4, -0.2) is 28.4 Å². The van der Waals surface area contributed by atoms with Crippen LogP contribution in [0.15, 0.2) is 24.3 Å². The van der Waals surface area contributed by atoms with Gasteiger partial charge in [0, 0.05) is 0 Å². The zero-order valence-electron chi connectivity index (χ0n) is 21.8. The molecule has 32 heavy (non-hydrogen) atoms. The standard InChI is InChI=1S/C28H44O2Si2/c1-9-11-13-15-29-25-19-23-24-20-26(30-16-14-12-10-2)22(4)18-28(24)32(7,8)31(5,6)27(23)17-21(25)3/h17-20H,9-16H2,1-8H3. The first kappa shape index (κ1) is 25.1. The van der Waals surface area contributed by atoms with Gasteiger partial charge in [-0.3, -0.25) is 0 Å². The van der Waals surface area contributed by atoms with Crippen LogP contribution in [0, 0.1) is 13.8 Å². The zero-order chi connectivity index (χ0) is 23.5. The predicted molar refractivity (Wildman–Crippen MR) is 146 cm³/mol. The molecule has 3 rings (SSSR count). The maximum absolute atomic E-state index is 6.28. The molecule has 0 fully saturated rings. The minimum absolute atomic E-state index is 0.807. The van der Waals surface area contributed by atoms with Gasteiger partial charge in [-0.05, 0) is 61.1 Å². The second-order valence-corrected chi connectivity index (χ2v) is 25.8. The van der Waals surface area contributed by atoms with Crippen LogP contribution < -0.4 is 19.8 Å². The molecular formula is C28H44O2Si2. The molecule has 2 aromatic rings. The average Bonchev–Trinajstić information content (AvgIpc) is 2.74. The van der Waals surface area contributed by atoms with E-state index in [0.29, 0.717) is 0 Å². The Bertz CT molecular complexity index is 869. The molecule has 0 unspecified atom stereocenters. The summed E-state index contributed by atoms with van der Waals surface area (Å²) in [6.45, 7) is 20.9. The van der Waals surface area contributed by atoms with Crippen molar-refractivity contribution < 1.29 is 9.47 Å². The van der Waals surface area contributed by atoms with E-state index < -0.39 is 15.2 Å². The van der Waals surface area contributed by atoms with Gasteiger partial charge in [-0.25, -0.2) is 0 Å². The van der Waals surface area contributed by atoms with Crippen LogP contribution in [0.1, 0.15) is 63.5 Å². The maximum Gasteiger partial charge on any atom is 0.122 e. The van der Waals surface area contributed by atoms with Crippen LogP contribution in [0.4, 0.5) is 0 Å². The lowest BCUT2D eigenvalue weighted by molar-refractivity contribution is 0.304. The van der Waals surface area contributed by atoms with Crippen molar-refractivity contribution in [3.63, 3.8) is 0 Å². The largest absolute Gasteiger partial charge is 0.493 e. The summed E-state index contributed by atoms with van der Waals surface area (Å²) in [4.78, 5) is 0. The molecule has 0 spiro atoms. The van der Waals surface area contributed by atoms with E-state index in [1.54, 1.807) is 10.4 Å². The van der Waals surface area contributed by atoms with E-state index in [-0.39, 0.29) is 0 Å². The molecule has 1 aliphatic heterocycles. The molecule has 0 aromatic heterocycles. The van der Waals surface area contributed by atoms with Crippen LogP contribution in [0.5, 0.6) is 11.5 Å². The van der Waals surface area contributed by atoms with Crippen molar-refractivity contribution in [3.05, 3.63) is 35.4 Å². The van der Waals surface area contributed by atoms with Gasteiger partial charge >= 0.3 is 0 Å². The van der Waals surface area contributed by atoms with Crippen molar-refractivity contribution >= 4 is 25.6 Å². The highest BCUT2D eigenvalue weighted by atomic mass is 29.3. The predicted octanol–water partition coefficient (Wildman–Crippen LogP) is 7.03. The lowest BCUT2D eigenvalue weighted by Crippen LogP contribution is -2.72. The number of fused-ring (bicyclic) bond motifs is 3. The van der Waals surface area contributed by atoms with Crippen LogP contribution in [0.2, 0.25) is 26.2 Å². The van der Waals surface area contributed by atoms with Crippen molar-refractivity contribution in [2.45, 2.75) is 92.4 Å². The van der Waals surface area contributed by atoms with Crippen molar-refractivity contribution in [3.8, 4) is 22.6 Å². The Balaban J connectivity index is 2.07. The normalized spacial score (nSPS) is 15.8. The highest BCUT2D eigenvalue weighted by Crippen LogP contribution is 2.38. The van der Waals surface area contributed by atoms with E-state index in [2.05, 4.69) is 78.1 Å². The minimum atomic E-state index is -1.62. The van der Waals surface area contributed by atoms with Crippen LogP contribution >= 0.6 is 0 Å². The summed E-state index contributed by atoms with van der Waals surface area (Å²) >= 11 is 0. The van der Waals surface area contributed by atoms with Gasteiger partial charge in [0.25, 0.3) is 0 Å². The van der Waals surface area contributed by atoms with Crippen LogP contribution in [0.25, 0.3) is 11.1 Å². The summed E-state index contributed by atoms with van der Waals surface area (Å²) in [6.07, 6.45) is 7.15. The number of benzene rings is 2. The van der Waals surface area contributed by atoms with E-state index in [1.807, 2.05) is 0 Å². The first-order valence-corrected chi connectivity index (χ1v) is 19.7. The lowest BCUT2D eigenvalue weighted by atomic mass is 10.0. The Hall–Kier alpha value is -1.53. The lowest BCUT2D eigenvalue weighted by Gasteiger charge is -2.46. The molecule has 0 amide bonds. The van der Waals surface area contributed by atoms with Gasteiger partial charge in [-0.1, -0.05) is 88.2 Å². The molecule has 0 radical (unpaired) electrons. The number of rotatable bonds is 10. The first-order valence-electron chi connectivity index (χ1n) is 12.7. The van der Waals surface area contributed by atoms with E-state index in [9.17, 15) is 0 Å². The fraction of sp³-hybridized carbons (Fsp3) is 0.571. The summed E-state index contributed by atoms with van der Waals surface area (Å²) in [5.74, 6) is 2.12. The van der Waals surface area contributed by atoms with Crippen molar-refractivity contribution in [1.82, 2.24) is 0 Å². The summed E-state index contributed by atoms with van der Waals surface area (Å²) in [6, 6.07) is 9.64. The van der Waals surface area contributed by atoms with Gasteiger partial charge < -0.3 is 9.47 Å². The molecule has 0 N–H and O–H groups in total. The smallest absolute Gasteiger partial charge is 0.122 e. The molecule has 2 nitrogen and oxygen atoms in total. The molecule has 0 bridgehead atoms. The van der Waals surface area contributed by atoms with E-state index >= 15 is 0 Å². The molecule has 2 aromatic carbocycles. The highest BCUT2D eigenvalue weighted by molar-refractivity contribution is 7.50. The first-order chi connectivity index (χ1) is 15.1. The Kier molecular flexibility index (Phi) is 7.98. The number of ether oxygens (including phenoxy) is 2. The van der Waals surface area contributed by atoms with Crippen molar-refractivity contribution in [2.75, 3.05) is 13.2 Å². The monoisotopic (exact) mass is 468 g/mol. The average molecular weight is 469 g/mol. The zero-order valence-corrected chi connectivity index (χ0v) is 23.8. The number of aryl methyl sites for hydroxylation is 2. The Morgan fingerprint density at radius 2 is 0.969 bits per heavy atom. The van der Waals surface area contributed by atoms with Gasteiger partial charge in [-0.15, -0.1) is 0 Å². The second-order valence-electron chi connectivity index (χ2n) is 10.7. The maximum atomic E-state index is 6.28. The van der Waals surface area contributed by atoms with E-state index in [1.165, 1.54) is 47.9 Å². The molecule has 0 atom stereocenters. The molecule has 0 saturated carbocycles. The van der Waals surface area contributed by atoms with Crippen molar-refractivity contribution in [1.29, 1.82) is 0 Å². The second kappa shape index (κ2) is 10.2. The highest BCUT2D eigenvalue weighted by Gasteiger charge is 2.49. The fourth-order valence-electron chi connectivity index (χ4n) is 4.91. The van der Waals surface area contributed by atoms with Gasteiger partial charge in [0.2, 0.25) is 0 Å². The molecule has 1 aliphatic rings. The van der Waals surface area contributed by atoms with E-state index in [0.717, 1.165) is 37.6 Å². The third-order valence-corrected chi connectivity index (χ3v) is 25.5. The van der Waals surface area contributed by atoms with Crippen LogP contribution in [-0.2, 0) is 0 Å². The van der Waals surface area contributed by atoms with Gasteiger partial charge in [0.05, 0.1) is 28.4 Å². The van der Waals surface area contributed by atoms with E-state index in [4.69, 9.17) is 9.47 Å². The third-order valence-electron chi connectivity index (χ3n) is 7.84. The SMILES string of the molecule is CCCCCOc1cc2c(cc1C)[Si](C)(C)[Si](C)(C)c1cc(C)c(OCCCCC)cc1-2. The Morgan fingerprint density at radius 1 is 0.594 bits per heavy atom. The molecule has 0 aliphatic carbocycles. The van der Waals surface area contributed by atoms with Gasteiger partial charge in [0.15, 0.2) is 0 Å². The number of unbranched alkanes of at least 4 members (excludes halogenated alkanes) is 4. The summed E-state index contributed by atoms with van der Waals surface area (Å²) in [7, 11) is -3.24. The molecule has 4 heteroatoms. The van der Waals surface area contributed by atoms with Gasteiger partial charge in [0.1, 0.15) is 11.5 Å². The third kappa shape index (κ3) is 4.72. The number of hydrogen-bond acceptors (Lipinski definition) is 2. The van der Waals surface area contributed by atoms with Crippen LogP contribution in [0.3, 0.4) is 0 Å². The van der Waals surface area contributed by atoms with Crippen molar-refractivity contribution in [2.24, 2.45) is 0 Å². The summed E-state index contributed by atoms with van der Waals surface area (Å²) in [5, 5.41) is 3.22. The molecule has 1 heterocycles. The summed E-state index contributed by atoms with van der Waals surface area (Å²) < 4.78 is 12.6. The van der Waals surface area contributed by atoms with Gasteiger partial charge in [-0.2, -0.15) is 0 Å². The molecular weight excluding hydrogens is 424 g/mol. The fourth-order valence-corrected chi connectivity index (χ4v) is 14.5. The molecule has 176 valence electrons. The Morgan fingerprint density at radius 3 is 1.31 bits per heavy atom.